The predicted octanol–water partition coefficient (Wildman–Crippen LogP) is 3.06. The Morgan fingerprint density at radius 2 is 2.05 bits per heavy atom. The minimum Gasteiger partial charge on any atom is -0.293 e. The molecule has 9 heteroatoms. The average molecular weight is 337 g/mol. The number of alkyl halides is 4. The maximum absolute atomic E-state index is 12.8. The van der Waals surface area contributed by atoms with Gasteiger partial charge in [0.25, 0.3) is 5.69 Å². The summed E-state index contributed by atoms with van der Waals surface area (Å²) in [6.45, 7) is 0. The number of hydrogen-bond donors (Lipinski definition) is 0. The van der Waals surface area contributed by atoms with E-state index >= 15 is 0 Å². The molecule has 0 saturated carbocycles. The number of carbonyl (C=O) groups excluding carboxylic acids is 1. The van der Waals surface area contributed by atoms with Crippen molar-refractivity contribution in [1.82, 2.24) is 0 Å². The second-order valence-electron chi connectivity index (χ2n) is 3.31. The zero-order chi connectivity index (χ0) is 14.8. The van der Waals surface area contributed by atoms with Crippen molar-refractivity contribution in [3.8, 4) is 6.07 Å². The van der Waals surface area contributed by atoms with Crippen LogP contribution in [0, 0.1) is 21.4 Å². The Balaban J connectivity index is 3.80. The maximum atomic E-state index is 12.8. The van der Waals surface area contributed by atoms with Gasteiger partial charge in [-0.05, 0) is 12.1 Å². The number of carbonyl (C=O) groups is 1. The number of hydrogen-bond acceptors (Lipinski definition) is 4. The van der Waals surface area contributed by atoms with Crippen LogP contribution in [-0.2, 0) is 6.18 Å². The summed E-state index contributed by atoms with van der Waals surface area (Å²) in [6.07, 6.45) is -5.10. The highest BCUT2D eigenvalue weighted by Gasteiger charge is 2.43. The Bertz CT molecular complexity index is 593. The first-order chi connectivity index (χ1) is 8.73. The van der Waals surface area contributed by atoms with Crippen molar-refractivity contribution in [3.63, 3.8) is 0 Å². The summed E-state index contributed by atoms with van der Waals surface area (Å²) < 4.78 is 38.5. The molecule has 0 unspecified atom stereocenters. The van der Waals surface area contributed by atoms with Gasteiger partial charge in [-0.3, -0.25) is 14.9 Å². The number of nitrogens with zero attached hydrogens (tertiary/aromatic N) is 2. The molecule has 0 aliphatic carbocycles. The predicted molar refractivity (Wildman–Crippen MR) is 60.9 cm³/mol. The van der Waals surface area contributed by atoms with E-state index in [1.165, 1.54) is 6.07 Å². The third-order valence-corrected chi connectivity index (χ3v) is 2.70. The first kappa shape index (κ1) is 15.1. The topological polar surface area (TPSA) is 84.0 Å². The molecule has 0 heterocycles. The van der Waals surface area contributed by atoms with Gasteiger partial charge in [0.05, 0.1) is 21.4 Å². The lowest BCUT2D eigenvalue weighted by molar-refractivity contribution is -0.388. The molecule has 100 valence electrons. The Morgan fingerprint density at radius 3 is 2.42 bits per heavy atom. The Labute approximate surface area is 112 Å². The van der Waals surface area contributed by atoms with E-state index in [1.807, 2.05) is 0 Å². The molecule has 0 spiro atoms. The van der Waals surface area contributed by atoms with Gasteiger partial charge in [0.15, 0.2) is 11.3 Å². The second kappa shape index (κ2) is 5.36. The summed E-state index contributed by atoms with van der Waals surface area (Å²) in [5.74, 6) is -0.873. The van der Waals surface area contributed by atoms with Crippen molar-refractivity contribution in [2.24, 2.45) is 0 Å². The molecule has 0 aliphatic rings. The monoisotopic (exact) mass is 336 g/mol. The van der Waals surface area contributed by atoms with E-state index in [-0.39, 0.29) is 5.33 Å². The molecule has 1 aromatic carbocycles. The lowest BCUT2D eigenvalue weighted by atomic mass is 9.99. The molecule has 1 rings (SSSR count). The zero-order valence-corrected chi connectivity index (χ0v) is 10.6. The van der Waals surface area contributed by atoms with E-state index in [9.17, 15) is 28.1 Å². The van der Waals surface area contributed by atoms with Crippen molar-refractivity contribution in [3.05, 3.63) is 38.9 Å². The first-order valence-corrected chi connectivity index (χ1v) is 5.74. The minimum absolute atomic E-state index is 0.364. The number of Topliss-reactive ketones (excluding diaryl/α,β-unsaturated/α-hetero) is 1. The molecule has 0 fully saturated rings. The number of nitriles is 1. The Kier molecular flexibility index (Phi) is 4.26. The van der Waals surface area contributed by atoms with Gasteiger partial charge >= 0.3 is 6.18 Å². The SMILES string of the molecule is N#Cc1ccc(C(=O)CBr)c([N+](=O)[O-])c1C(F)(F)F. The number of nitro groups is 1. The molecule has 0 bridgehead atoms. The summed E-state index contributed by atoms with van der Waals surface area (Å²) >= 11 is 2.73. The average Bonchev–Trinajstić information content (AvgIpc) is 2.34. The lowest BCUT2D eigenvalue weighted by Crippen LogP contribution is -2.15. The number of halogens is 4. The number of nitro benzene ring substituents is 1. The van der Waals surface area contributed by atoms with Crippen molar-refractivity contribution in [2.45, 2.75) is 6.18 Å². The zero-order valence-electron chi connectivity index (χ0n) is 8.99. The van der Waals surface area contributed by atoms with Gasteiger partial charge in [-0.2, -0.15) is 18.4 Å². The van der Waals surface area contributed by atoms with Crippen LogP contribution in [0.25, 0.3) is 0 Å². The highest BCUT2D eigenvalue weighted by atomic mass is 79.9. The van der Waals surface area contributed by atoms with E-state index in [0.717, 1.165) is 12.1 Å². The molecule has 5 nitrogen and oxygen atoms in total. The molecular weight excluding hydrogens is 333 g/mol. The van der Waals surface area contributed by atoms with Crippen LogP contribution >= 0.6 is 15.9 Å². The van der Waals surface area contributed by atoms with Crippen molar-refractivity contribution in [1.29, 1.82) is 5.26 Å². The van der Waals surface area contributed by atoms with Gasteiger partial charge in [0, 0.05) is 0 Å². The van der Waals surface area contributed by atoms with Gasteiger partial charge in [0.1, 0.15) is 6.07 Å². The van der Waals surface area contributed by atoms with E-state index in [2.05, 4.69) is 15.9 Å². The van der Waals surface area contributed by atoms with Crippen LogP contribution in [0.5, 0.6) is 0 Å². The third-order valence-electron chi connectivity index (χ3n) is 2.19. The molecule has 19 heavy (non-hydrogen) atoms. The molecule has 0 aliphatic heterocycles. The molecule has 0 atom stereocenters. The summed E-state index contributed by atoms with van der Waals surface area (Å²) in [5.41, 5.74) is -4.68. The van der Waals surface area contributed by atoms with E-state index < -0.39 is 39.3 Å². The Hall–Kier alpha value is -1.95. The third kappa shape index (κ3) is 2.90. The van der Waals surface area contributed by atoms with E-state index in [1.54, 1.807) is 0 Å². The van der Waals surface area contributed by atoms with Gasteiger partial charge < -0.3 is 0 Å². The van der Waals surface area contributed by atoms with Crippen molar-refractivity contribution >= 4 is 27.4 Å². The van der Waals surface area contributed by atoms with Crippen LogP contribution in [0.1, 0.15) is 21.5 Å². The smallest absolute Gasteiger partial charge is 0.293 e. The normalized spacial score (nSPS) is 10.9. The molecule has 1 aromatic rings. The number of ketones is 1. The molecule has 0 N–H and O–H groups in total. The van der Waals surface area contributed by atoms with Gasteiger partial charge in [-0.15, -0.1) is 0 Å². The van der Waals surface area contributed by atoms with Crippen LogP contribution in [0.4, 0.5) is 18.9 Å². The van der Waals surface area contributed by atoms with Gasteiger partial charge in [0.2, 0.25) is 0 Å². The van der Waals surface area contributed by atoms with Crippen LogP contribution in [0.3, 0.4) is 0 Å². The molecule has 0 amide bonds. The Morgan fingerprint density at radius 1 is 1.47 bits per heavy atom. The lowest BCUT2D eigenvalue weighted by Gasteiger charge is -2.11. The summed E-state index contributed by atoms with van der Waals surface area (Å²) in [7, 11) is 0. The molecule has 0 saturated heterocycles. The van der Waals surface area contributed by atoms with Crippen molar-refractivity contribution < 1.29 is 22.9 Å². The summed E-state index contributed by atoms with van der Waals surface area (Å²) in [4.78, 5) is 20.9. The standard InChI is InChI=1S/C10H4BrF3N2O3/c11-3-7(17)6-2-1-5(4-15)8(10(12,13)14)9(6)16(18)19/h1-2H,3H2. The van der Waals surface area contributed by atoms with Crippen LogP contribution in [0.15, 0.2) is 12.1 Å². The fourth-order valence-corrected chi connectivity index (χ4v) is 1.76. The van der Waals surface area contributed by atoms with E-state index in [4.69, 9.17) is 5.26 Å². The maximum Gasteiger partial charge on any atom is 0.424 e. The number of rotatable bonds is 3. The van der Waals surface area contributed by atoms with Crippen LogP contribution in [-0.4, -0.2) is 16.0 Å². The van der Waals surface area contributed by atoms with Crippen molar-refractivity contribution in [2.75, 3.05) is 5.33 Å². The summed E-state index contributed by atoms with van der Waals surface area (Å²) in [6, 6.07) is 2.82. The molecule has 0 aromatic heterocycles. The highest BCUT2D eigenvalue weighted by molar-refractivity contribution is 9.09. The largest absolute Gasteiger partial charge is 0.424 e. The first-order valence-electron chi connectivity index (χ1n) is 4.61. The fourth-order valence-electron chi connectivity index (χ4n) is 1.46. The minimum atomic E-state index is -5.10. The number of benzene rings is 1. The molecule has 0 radical (unpaired) electrons. The van der Waals surface area contributed by atoms with E-state index in [0.29, 0.717) is 0 Å². The van der Waals surface area contributed by atoms with Crippen LogP contribution in [0.2, 0.25) is 0 Å². The summed E-state index contributed by atoms with van der Waals surface area (Å²) in [5, 5.41) is 19.1. The van der Waals surface area contributed by atoms with Crippen LogP contribution < -0.4 is 0 Å². The quantitative estimate of drug-likeness (QED) is 0.367. The van der Waals surface area contributed by atoms with Gasteiger partial charge in [-0.1, -0.05) is 15.9 Å². The fraction of sp³-hybridized carbons (Fsp3) is 0.200. The van der Waals surface area contributed by atoms with Gasteiger partial charge in [-0.25, -0.2) is 0 Å². The molecular formula is C10H4BrF3N2O3. The second-order valence-corrected chi connectivity index (χ2v) is 3.87. The highest BCUT2D eigenvalue weighted by Crippen LogP contribution is 2.40.